The zero-order valence-corrected chi connectivity index (χ0v) is 8.68. The maximum Gasteiger partial charge on any atom is 0.226 e. The molecule has 1 aromatic heterocycles. The van der Waals surface area contributed by atoms with E-state index in [0.717, 1.165) is 17.7 Å². The van der Waals surface area contributed by atoms with Gasteiger partial charge in [-0.2, -0.15) is 0 Å². The van der Waals surface area contributed by atoms with Crippen molar-refractivity contribution in [1.29, 1.82) is 0 Å². The van der Waals surface area contributed by atoms with Crippen LogP contribution in [-0.4, -0.2) is 11.0 Å². The van der Waals surface area contributed by atoms with Gasteiger partial charge in [-0.05, 0) is 19.1 Å². The Balaban J connectivity index is 2.21. The molecule has 15 heavy (non-hydrogen) atoms. The lowest BCUT2D eigenvalue weighted by atomic mass is 10.2. The van der Waals surface area contributed by atoms with E-state index in [1.807, 2.05) is 37.3 Å². The fourth-order valence-corrected chi connectivity index (χ4v) is 1.44. The van der Waals surface area contributed by atoms with Crippen LogP contribution >= 0.6 is 0 Å². The molecule has 0 aliphatic rings. The summed E-state index contributed by atoms with van der Waals surface area (Å²) >= 11 is 0. The van der Waals surface area contributed by atoms with Crippen LogP contribution in [0.25, 0.3) is 11.5 Å². The molecular weight excluding hydrogens is 188 g/mol. The third-order valence-electron chi connectivity index (χ3n) is 2.10. The van der Waals surface area contributed by atoms with Crippen molar-refractivity contribution in [3.05, 3.63) is 42.3 Å². The first-order valence-electron chi connectivity index (χ1n) is 5.01. The van der Waals surface area contributed by atoms with Gasteiger partial charge in [0.1, 0.15) is 6.26 Å². The molecule has 0 spiro atoms. The molecule has 0 bridgehead atoms. The summed E-state index contributed by atoms with van der Waals surface area (Å²) in [5.74, 6) is 0.659. The lowest BCUT2D eigenvalue weighted by Crippen LogP contribution is -2.17. The van der Waals surface area contributed by atoms with Crippen molar-refractivity contribution in [3.8, 4) is 11.5 Å². The molecule has 0 amide bonds. The zero-order valence-electron chi connectivity index (χ0n) is 8.68. The van der Waals surface area contributed by atoms with Crippen LogP contribution in [0.15, 0.2) is 41.0 Å². The smallest absolute Gasteiger partial charge is 0.226 e. The molecule has 2 aromatic rings. The van der Waals surface area contributed by atoms with Crippen LogP contribution in [0.5, 0.6) is 0 Å². The standard InChI is InChI=1S/C12H14N2O/c1-9(13)7-11-8-15-12(14-11)10-5-3-2-4-6-10/h2-6,8-9H,7,13H2,1H3. The quantitative estimate of drug-likeness (QED) is 0.830. The predicted molar refractivity (Wildman–Crippen MR) is 59.3 cm³/mol. The Labute approximate surface area is 88.9 Å². The molecule has 0 aliphatic carbocycles. The van der Waals surface area contributed by atoms with Gasteiger partial charge in [0.15, 0.2) is 0 Å². The molecule has 3 nitrogen and oxygen atoms in total. The number of benzene rings is 1. The Morgan fingerprint density at radius 1 is 1.33 bits per heavy atom. The highest BCUT2D eigenvalue weighted by atomic mass is 16.3. The second kappa shape index (κ2) is 4.28. The minimum absolute atomic E-state index is 0.110. The zero-order chi connectivity index (χ0) is 10.7. The van der Waals surface area contributed by atoms with Gasteiger partial charge in [-0.3, -0.25) is 0 Å². The van der Waals surface area contributed by atoms with Crippen LogP contribution in [0.4, 0.5) is 0 Å². The van der Waals surface area contributed by atoms with Crippen molar-refractivity contribution >= 4 is 0 Å². The van der Waals surface area contributed by atoms with Crippen molar-refractivity contribution in [2.75, 3.05) is 0 Å². The molecule has 3 heteroatoms. The topological polar surface area (TPSA) is 52.0 Å². The van der Waals surface area contributed by atoms with E-state index in [1.165, 1.54) is 0 Å². The first-order chi connectivity index (χ1) is 7.25. The van der Waals surface area contributed by atoms with Gasteiger partial charge < -0.3 is 10.2 Å². The van der Waals surface area contributed by atoms with E-state index in [4.69, 9.17) is 10.2 Å². The van der Waals surface area contributed by atoms with Gasteiger partial charge in [-0.15, -0.1) is 0 Å². The van der Waals surface area contributed by atoms with Gasteiger partial charge >= 0.3 is 0 Å². The van der Waals surface area contributed by atoms with Gasteiger partial charge in [-0.25, -0.2) is 4.98 Å². The number of nitrogens with two attached hydrogens (primary N) is 1. The van der Waals surface area contributed by atoms with Gasteiger partial charge in [0, 0.05) is 18.0 Å². The second-order valence-corrected chi connectivity index (χ2v) is 3.69. The van der Waals surface area contributed by atoms with Crippen LogP contribution in [0.3, 0.4) is 0 Å². The molecule has 0 saturated heterocycles. The highest BCUT2D eigenvalue weighted by Crippen LogP contribution is 2.18. The summed E-state index contributed by atoms with van der Waals surface area (Å²) in [5.41, 5.74) is 7.59. The Morgan fingerprint density at radius 3 is 2.73 bits per heavy atom. The Hall–Kier alpha value is -1.61. The number of hydrogen-bond donors (Lipinski definition) is 1. The van der Waals surface area contributed by atoms with E-state index < -0.39 is 0 Å². The lowest BCUT2D eigenvalue weighted by molar-refractivity contribution is 0.571. The molecule has 1 unspecified atom stereocenters. The third kappa shape index (κ3) is 2.44. The van der Waals surface area contributed by atoms with Gasteiger partial charge in [0.2, 0.25) is 5.89 Å². The van der Waals surface area contributed by atoms with Gasteiger partial charge in [0.05, 0.1) is 5.69 Å². The van der Waals surface area contributed by atoms with Crippen LogP contribution in [-0.2, 0) is 6.42 Å². The summed E-state index contributed by atoms with van der Waals surface area (Å²) in [4.78, 5) is 4.37. The first kappa shape index (κ1) is 9.93. The second-order valence-electron chi connectivity index (χ2n) is 3.69. The Kier molecular flexibility index (Phi) is 2.83. The Morgan fingerprint density at radius 2 is 2.07 bits per heavy atom. The molecule has 78 valence electrons. The number of nitrogens with zero attached hydrogens (tertiary/aromatic N) is 1. The molecule has 1 aromatic carbocycles. The van der Waals surface area contributed by atoms with Crippen LogP contribution in [0, 0.1) is 0 Å². The maximum absolute atomic E-state index is 5.69. The number of oxazole rings is 1. The van der Waals surface area contributed by atoms with Gasteiger partial charge in [0.25, 0.3) is 0 Å². The summed E-state index contributed by atoms with van der Waals surface area (Å²) in [6.07, 6.45) is 2.42. The summed E-state index contributed by atoms with van der Waals surface area (Å²) in [6, 6.07) is 9.95. The van der Waals surface area contributed by atoms with Crippen molar-refractivity contribution in [2.45, 2.75) is 19.4 Å². The molecule has 0 radical (unpaired) electrons. The molecular formula is C12H14N2O. The normalized spacial score (nSPS) is 12.7. The summed E-state index contributed by atoms with van der Waals surface area (Å²) in [5, 5.41) is 0. The van der Waals surface area contributed by atoms with Crippen LogP contribution in [0.2, 0.25) is 0 Å². The molecule has 2 N–H and O–H groups in total. The van der Waals surface area contributed by atoms with E-state index >= 15 is 0 Å². The van der Waals surface area contributed by atoms with Crippen LogP contribution in [0.1, 0.15) is 12.6 Å². The van der Waals surface area contributed by atoms with Crippen molar-refractivity contribution in [1.82, 2.24) is 4.98 Å². The van der Waals surface area contributed by atoms with Crippen molar-refractivity contribution in [2.24, 2.45) is 5.73 Å². The van der Waals surface area contributed by atoms with E-state index in [2.05, 4.69) is 4.98 Å². The average molecular weight is 202 g/mol. The van der Waals surface area contributed by atoms with E-state index in [-0.39, 0.29) is 6.04 Å². The largest absolute Gasteiger partial charge is 0.444 e. The maximum atomic E-state index is 5.69. The molecule has 1 heterocycles. The lowest BCUT2D eigenvalue weighted by Gasteiger charge is -1.98. The van der Waals surface area contributed by atoms with Crippen LogP contribution < -0.4 is 5.73 Å². The number of rotatable bonds is 3. The van der Waals surface area contributed by atoms with E-state index in [0.29, 0.717) is 5.89 Å². The molecule has 0 aliphatic heterocycles. The summed E-state index contributed by atoms with van der Waals surface area (Å²) in [7, 11) is 0. The highest BCUT2D eigenvalue weighted by Gasteiger charge is 2.07. The van der Waals surface area contributed by atoms with E-state index in [9.17, 15) is 0 Å². The minimum Gasteiger partial charge on any atom is -0.444 e. The molecule has 1 atom stereocenters. The highest BCUT2D eigenvalue weighted by molar-refractivity contribution is 5.52. The molecule has 0 saturated carbocycles. The van der Waals surface area contributed by atoms with Crippen molar-refractivity contribution < 1.29 is 4.42 Å². The van der Waals surface area contributed by atoms with Gasteiger partial charge in [-0.1, -0.05) is 18.2 Å². The molecule has 0 fully saturated rings. The number of aromatic nitrogens is 1. The monoisotopic (exact) mass is 202 g/mol. The SMILES string of the molecule is CC(N)Cc1coc(-c2ccccc2)n1. The Bertz CT molecular complexity index is 420. The summed E-state index contributed by atoms with van der Waals surface area (Å²) in [6.45, 7) is 1.96. The summed E-state index contributed by atoms with van der Waals surface area (Å²) < 4.78 is 5.38. The van der Waals surface area contributed by atoms with E-state index in [1.54, 1.807) is 6.26 Å². The average Bonchev–Trinajstić information content (AvgIpc) is 2.67. The minimum atomic E-state index is 0.110. The predicted octanol–water partition coefficient (Wildman–Crippen LogP) is 2.23. The number of hydrogen-bond acceptors (Lipinski definition) is 3. The van der Waals surface area contributed by atoms with Crippen molar-refractivity contribution in [3.63, 3.8) is 0 Å². The molecule has 2 rings (SSSR count). The fraction of sp³-hybridized carbons (Fsp3) is 0.250. The fourth-order valence-electron chi connectivity index (χ4n) is 1.44. The first-order valence-corrected chi connectivity index (χ1v) is 5.01. The third-order valence-corrected chi connectivity index (χ3v) is 2.10.